The lowest BCUT2D eigenvalue weighted by Crippen LogP contribution is -2.23. The van der Waals surface area contributed by atoms with Gasteiger partial charge in [-0.1, -0.05) is 117 Å². The van der Waals surface area contributed by atoms with Crippen LogP contribution in [0, 0.1) is 5.92 Å². The largest absolute Gasteiger partial charge is 0.484 e. The summed E-state index contributed by atoms with van der Waals surface area (Å²) in [6.07, 6.45) is 22.4. The molecular weight excluding hydrogens is 400 g/mol. The van der Waals surface area contributed by atoms with Crippen molar-refractivity contribution in [2.45, 2.75) is 129 Å². The molecule has 2 atom stereocenters. The number of hydrogen-bond donors (Lipinski definition) is 2. The molecule has 2 N–H and O–H groups in total. The predicted molar refractivity (Wildman–Crippen MR) is 135 cm³/mol. The van der Waals surface area contributed by atoms with Gasteiger partial charge >= 0.3 is 0 Å². The van der Waals surface area contributed by atoms with Gasteiger partial charge in [0.05, 0.1) is 6.61 Å². The van der Waals surface area contributed by atoms with Gasteiger partial charge in [-0.15, -0.1) is 0 Å². The lowest BCUT2D eigenvalue weighted by atomic mass is 10.0. The van der Waals surface area contributed by atoms with Crippen molar-refractivity contribution in [3.8, 4) is 0 Å². The lowest BCUT2D eigenvalue weighted by Gasteiger charge is -2.15. The first kappa shape index (κ1) is 31.3. The summed E-state index contributed by atoms with van der Waals surface area (Å²) in [6.45, 7) is 4.18. The van der Waals surface area contributed by atoms with E-state index in [0.717, 1.165) is 6.42 Å². The van der Waals surface area contributed by atoms with E-state index in [-0.39, 0.29) is 32.6 Å². The summed E-state index contributed by atoms with van der Waals surface area (Å²) >= 11 is 5.24. The van der Waals surface area contributed by atoms with Crippen molar-refractivity contribution in [2.75, 3.05) is 13.2 Å². The van der Waals surface area contributed by atoms with Crippen LogP contribution in [0.15, 0.2) is 0 Å². The number of rotatable bonds is 21. The molecule has 0 heterocycles. The molecule has 0 saturated heterocycles. The van der Waals surface area contributed by atoms with Crippen molar-refractivity contribution in [3.05, 3.63) is 0 Å². The third-order valence-electron chi connectivity index (χ3n) is 5.52. The van der Waals surface area contributed by atoms with Crippen molar-refractivity contribution in [1.29, 1.82) is 0 Å². The molecule has 0 saturated carbocycles. The highest BCUT2D eigenvalue weighted by atomic mass is 32.1. The molecule has 176 valence electrons. The molecule has 0 spiro atoms. The monoisotopic (exact) mass is 450 g/mol. The molecule has 0 aromatic carbocycles. The predicted octanol–water partition coefficient (Wildman–Crippen LogP) is 7.08. The Labute approximate surface area is 193 Å². The SMILES string of the molecule is CCCCCCCCCCCCCCCCCCC(C)C(=S)OCC(O)CO.S. The average Bonchev–Trinajstić information content (AvgIpc) is 2.71. The molecule has 0 aliphatic carbocycles. The maximum absolute atomic E-state index is 9.28. The second kappa shape index (κ2) is 24.4. The van der Waals surface area contributed by atoms with E-state index < -0.39 is 6.10 Å². The Balaban J connectivity index is 0. The smallest absolute Gasteiger partial charge is 0.162 e. The number of unbranched alkanes of at least 4 members (excludes halogenated alkanes) is 15. The van der Waals surface area contributed by atoms with Crippen LogP contribution in [-0.2, 0) is 4.74 Å². The number of aliphatic hydroxyl groups excluding tert-OH is 2. The Morgan fingerprint density at radius 1 is 0.759 bits per heavy atom. The van der Waals surface area contributed by atoms with Gasteiger partial charge in [-0.05, 0) is 18.6 Å². The summed E-state index contributed by atoms with van der Waals surface area (Å²) in [5.74, 6) is 0.243. The van der Waals surface area contributed by atoms with Gasteiger partial charge in [0.15, 0.2) is 5.05 Å². The highest BCUT2D eigenvalue weighted by Crippen LogP contribution is 2.16. The van der Waals surface area contributed by atoms with E-state index in [1.54, 1.807) is 0 Å². The van der Waals surface area contributed by atoms with Crippen LogP contribution >= 0.6 is 25.7 Å². The van der Waals surface area contributed by atoms with Crippen LogP contribution in [0.5, 0.6) is 0 Å². The van der Waals surface area contributed by atoms with Gasteiger partial charge in [0.25, 0.3) is 0 Å². The molecule has 29 heavy (non-hydrogen) atoms. The summed E-state index contributed by atoms with van der Waals surface area (Å²) < 4.78 is 5.36. The quantitative estimate of drug-likeness (QED) is 0.145. The van der Waals surface area contributed by atoms with E-state index in [4.69, 9.17) is 22.1 Å². The minimum atomic E-state index is -0.833. The van der Waals surface area contributed by atoms with E-state index in [1.807, 2.05) is 0 Å². The average molecular weight is 451 g/mol. The van der Waals surface area contributed by atoms with Crippen molar-refractivity contribution in [2.24, 2.45) is 5.92 Å². The van der Waals surface area contributed by atoms with E-state index in [0.29, 0.717) is 5.05 Å². The summed E-state index contributed by atoms with van der Waals surface area (Å²) in [6, 6.07) is 0. The van der Waals surface area contributed by atoms with E-state index >= 15 is 0 Å². The van der Waals surface area contributed by atoms with Gasteiger partial charge in [0.2, 0.25) is 0 Å². The lowest BCUT2D eigenvalue weighted by molar-refractivity contribution is 0.0486. The van der Waals surface area contributed by atoms with Crippen LogP contribution in [0.1, 0.15) is 123 Å². The third kappa shape index (κ3) is 22.7. The first-order valence-corrected chi connectivity index (χ1v) is 12.5. The van der Waals surface area contributed by atoms with Crippen LogP contribution in [0.4, 0.5) is 0 Å². The molecule has 3 nitrogen and oxygen atoms in total. The minimum Gasteiger partial charge on any atom is -0.484 e. The summed E-state index contributed by atoms with van der Waals surface area (Å²) in [5, 5.41) is 18.6. The molecule has 0 fully saturated rings. The van der Waals surface area contributed by atoms with Gasteiger partial charge < -0.3 is 14.9 Å². The minimum absolute atomic E-state index is 0. The van der Waals surface area contributed by atoms with Crippen LogP contribution in [0.25, 0.3) is 0 Å². The fraction of sp³-hybridized carbons (Fsp3) is 0.958. The highest BCUT2D eigenvalue weighted by Gasteiger charge is 2.11. The number of hydrogen-bond acceptors (Lipinski definition) is 4. The van der Waals surface area contributed by atoms with Crippen molar-refractivity contribution in [1.82, 2.24) is 0 Å². The van der Waals surface area contributed by atoms with E-state index in [1.165, 1.54) is 103 Å². The zero-order valence-electron chi connectivity index (χ0n) is 19.3. The normalized spacial score (nSPS) is 13.0. The first-order chi connectivity index (χ1) is 13.6. The molecule has 0 radical (unpaired) electrons. The summed E-state index contributed by atoms with van der Waals surface area (Å²) in [5.41, 5.74) is 0. The molecule has 0 aliphatic heterocycles. The van der Waals surface area contributed by atoms with Crippen LogP contribution in [0.3, 0.4) is 0 Å². The van der Waals surface area contributed by atoms with E-state index in [9.17, 15) is 5.11 Å². The van der Waals surface area contributed by atoms with Crippen LogP contribution < -0.4 is 0 Å². The highest BCUT2D eigenvalue weighted by molar-refractivity contribution is 7.80. The standard InChI is InChI=1S/C24H48O3S.H2S/c1-3-4-5-6-7-8-9-10-11-12-13-14-15-16-17-18-19-22(2)24(28)27-21-23(26)20-25;/h22-23,25-26H,3-21H2,1-2H3;1H2. The molecule has 0 aromatic rings. The van der Waals surface area contributed by atoms with Gasteiger partial charge in [-0.25, -0.2) is 0 Å². The molecular formula is C24H50O3S2. The molecule has 5 heteroatoms. The molecule has 0 aliphatic rings. The van der Waals surface area contributed by atoms with Crippen molar-refractivity contribution < 1.29 is 14.9 Å². The second-order valence-corrected chi connectivity index (χ2v) is 8.86. The molecule has 0 bridgehead atoms. The van der Waals surface area contributed by atoms with Crippen molar-refractivity contribution >= 4 is 30.8 Å². The fourth-order valence-corrected chi connectivity index (χ4v) is 3.68. The first-order valence-electron chi connectivity index (χ1n) is 12.1. The molecule has 2 unspecified atom stereocenters. The third-order valence-corrected chi connectivity index (χ3v) is 6.04. The van der Waals surface area contributed by atoms with E-state index in [2.05, 4.69) is 13.8 Å². The summed E-state index contributed by atoms with van der Waals surface area (Å²) in [7, 11) is 0. The van der Waals surface area contributed by atoms with Gasteiger partial charge in [0.1, 0.15) is 12.7 Å². The van der Waals surface area contributed by atoms with Gasteiger partial charge in [0, 0.05) is 5.92 Å². The van der Waals surface area contributed by atoms with Crippen molar-refractivity contribution in [3.63, 3.8) is 0 Å². The zero-order chi connectivity index (χ0) is 20.9. The maximum atomic E-state index is 9.28. The van der Waals surface area contributed by atoms with Gasteiger partial charge in [-0.3, -0.25) is 0 Å². The maximum Gasteiger partial charge on any atom is 0.162 e. The Bertz CT molecular complexity index is 340. The number of ether oxygens (including phenoxy) is 1. The molecule has 0 amide bonds. The number of thiocarbonyl (C=S) groups is 1. The fourth-order valence-electron chi connectivity index (χ4n) is 3.49. The Morgan fingerprint density at radius 2 is 1.14 bits per heavy atom. The zero-order valence-corrected chi connectivity index (χ0v) is 21.1. The summed E-state index contributed by atoms with van der Waals surface area (Å²) in [4.78, 5) is 0. The topological polar surface area (TPSA) is 49.7 Å². The second-order valence-electron chi connectivity index (χ2n) is 8.46. The van der Waals surface area contributed by atoms with Crippen LogP contribution in [-0.4, -0.2) is 34.6 Å². The Hall–Kier alpha value is 0.160. The van der Waals surface area contributed by atoms with Gasteiger partial charge in [-0.2, -0.15) is 13.5 Å². The Kier molecular flexibility index (Phi) is 26.4. The molecule has 0 aromatic heterocycles. The molecule has 0 rings (SSSR count). The Morgan fingerprint density at radius 3 is 1.52 bits per heavy atom. The number of aliphatic hydroxyl groups is 2. The van der Waals surface area contributed by atoms with Crippen LogP contribution in [0.2, 0.25) is 0 Å².